The molecular formula is C15H13Cl2N3. The van der Waals surface area contributed by atoms with Gasteiger partial charge in [-0.05, 0) is 30.3 Å². The summed E-state index contributed by atoms with van der Waals surface area (Å²) in [6.07, 6.45) is 0. The Hall–Kier alpha value is -1.71. The van der Waals surface area contributed by atoms with Crippen LogP contribution >= 0.6 is 23.2 Å². The summed E-state index contributed by atoms with van der Waals surface area (Å²) in [4.78, 5) is 4.61. The minimum atomic E-state index is 0.613. The van der Waals surface area contributed by atoms with Crippen LogP contribution in [-0.2, 0) is 13.6 Å². The molecule has 0 aliphatic rings. The van der Waals surface area contributed by atoms with E-state index in [4.69, 9.17) is 23.2 Å². The maximum absolute atomic E-state index is 5.98. The number of halogens is 2. The van der Waals surface area contributed by atoms with Crippen LogP contribution in [0.5, 0.6) is 0 Å². The van der Waals surface area contributed by atoms with Gasteiger partial charge in [0.25, 0.3) is 0 Å². The molecule has 102 valence electrons. The molecule has 0 radical (unpaired) electrons. The first-order valence-electron chi connectivity index (χ1n) is 6.24. The highest BCUT2D eigenvalue weighted by molar-refractivity contribution is 6.35. The fraction of sp³-hybridized carbons (Fsp3) is 0.133. The van der Waals surface area contributed by atoms with E-state index < -0.39 is 0 Å². The third kappa shape index (κ3) is 2.60. The van der Waals surface area contributed by atoms with E-state index in [0.717, 1.165) is 22.5 Å². The summed E-state index contributed by atoms with van der Waals surface area (Å²) >= 11 is 12.0. The van der Waals surface area contributed by atoms with Crippen LogP contribution in [0.3, 0.4) is 0 Å². The summed E-state index contributed by atoms with van der Waals surface area (Å²) in [5, 5.41) is 4.52. The van der Waals surface area contributed by atoms with Crippen LogP contribution in [0.2, 0.25) is 10.0 Å². The molecule has 0 aliphatic heterocycles. The molecule has 0 unspecified atom stereocenters. The van der Waals surface area contributed by atoms with Crippen LogP contribution in [0.15, 0.2) is 42.5 Å². The number of para-hydroxylation sites is 2. The highest BCUT2D eigenvalue weighted by atomic mass is 35.5. The van der Waals surface area contributed by atoms with Crippen molar-refractivity contribution in [1.82, 2.24) is 9.55 Å². The summed E-state index contributed by atoms with van der Waals surface area (Å²) < 4.78 is 2.08. The Morgan fingerprint density at radius 2 is 1.80 bits per heavy atom. The first kappa shape index (κ1) is 13.3. The van der Waals surface area contributed by atoms with Gasteiger partial charge in [0.05, 0.1) is 17.6 Å². The standard InChI is InChI=1S/C15H13Cl2N3/c1-20-14-5-3-2-4-13(14)19-15(20)9-18-12-7-10(16)6-11(17)8-12/h2-8,18H,9H2,1H3. The first-order chi connectivity index (χ1) is 9.63. The zero-order chi connectivity index (χ0) is 14.1. The van der Waals surface area contributed by atoms with Gasteiger partial charge < -0.3 is 9.88 Å². The summed E-state index contributed by atoms with van der Waals surface area (Å²) in [6.45, 7) is 0.613. The molecule has 2 aromatic carbocycles. The van der Waals surface area contributed by atoms with Gasteiger partial charge in [0.2, 0.25) is 0 Å². The van der Waals surface area contributed by atoms with Crippen molar-refractivity contribution in [2.24, 2.45) is 7.05 Å². The molecule has 20 heavy (non-hydrogen) atoms. The topological polar surface area (TPSA) is 29.9 Å². The summed E-state index contributed by atoms with van der Waals surface area (Å²) in [6, 6.07) is 13.5. The van der Waals surface area contributed by atoms with E-state index in [1.165, 1.54) is 0 Å². The van der Waals surface area contributed by atoms with Crippen molar-refractivity contribution in [1.29, 1.82) is 0 Å². The van der Waals surface area contributed by atoms with Crippen LogP contribution in [0.25, 0.3) is 11.0 Å². The van der Waals surface area contributed by atoms with Gasteiger partial charge in [0.15, 0.2) is 0 Å². The van der Waals surface area contributed by atoms with E-state index in [-0.39, 0.29) is 0 Å². The van der Waals surface area contributed by atoms with Gasteiger partial charge >= 0.3 is 0 Å². The Bertz CT molecular complexity index is 745. The van der Waals surface area contributed by atoms with Crippen LogP contribution in [0, 0.1) is 0 Å². The van der Waals surface area contributed by atoms with Crippen molar-refractivity contribution < 1.29 is 0 Å². The molecule has 1 aromatic heterocycles. The monoisotopic (exact) mass is 305 g/mol. The molecule has 0 spiro atoms. The summed E-state index contributed by atoms with van der Waals surface area (Å²) in [5.74, 6) is 0.960. The van der Waals surface area contributed by atoms with Gasteiger partial charge in [-0.15, -0.1) is 0 Å². The smallest absolute Gasteiger partial charge is 0.128 e. The second-order valence-electron chi connectivity index (χ2n) is 4.59. The maximum atomic E-state index is 5.98. The maximum Gasteiger partial charge on any atom is 0.128 e. The fourth-order valence-corrected chi connectivity index (χ4v) is 2.72. The third-order valence-electron chi connectivity index (χ3n) is 3.19. The Kier molecular flexibility index (Phi) is 3.55. The Balaban J connectivity index is 1.84. The molecule has 3 aromatic rings. The number of hydrogen-bond donors (Lipinski definition) is 1. The number of rotatable bonds is 3. The normalized spacial score (nSPS) is 10.9. The average Bonchev–Trinajstić information content (AvgIpc) is 2.73. The van der Waals surface area contributed by atoms with E-state index >= 15 is 0 Å². The lowest BCUT2D eigenvalue weighted by Gasteiger charge is -2.07. The minimum Gasteiger partial charge on any atom is -0.378 e. The van der Waals surface area contributed by atoms with Gasteiger partial charge in [-0.2, -0.15) is 0 Å². The molecule has 0 saturated heterocycles. The van der Waals surface area contributed by atoms with E-state index in [1.807, 2.05) is 37.4 Å². The van der Waals surface area contributed by atoms with E-state index in [0.29, 0.717) is 16.6 Å². The lowest BCUT2D eigenvalue weighted by molar-refractivity contribution is 0.834. The number of imidazole rings is 1. The molecule has 0 atom stereocenters. The molecule has 3 nitrogen and oxygen atoms in total. The summed E-state index contributed by atoms with van der Waals surface area (Å²) in [5.41, 5.74) is 3.00. The lowest BCUT2D eigenvalue weighted by Crippen LogP contribution is -2.05. The van der Waals surface area contributed by atoms with Crippen LogP contribution in [0.1, 0.15) is 5.82 Å². The van der Waals surface area contributed by atoms with Crippen molar-refractivity contribution >= 4 is 39.9 Å². The number of aryl methyl sites for hydroxylation is 1. The molecular weight excluding hydrogens is 293 g/mol. The van der Waals surface area contributed by atoms with E-state index in [9.17, 15) is 0 Å². The molecule has 1 heterocycles. The predicted octanol–water partition coefficient (Wildman–Crippen LogP) is 4.49. The highest BCUT2D eigenvalue weighted by Crippen LogP contribution is 2.23. The molecule has 1 N–H and O–H groups in total. The number of benzene rings is 2. The first-order valence-corrected chi connectivity index (χ1v) is 6.99. The fourth-order valence-electron chi connectivity index (χ4n) is 2.19. The number of nitrogens with zero attached hydrogens (tertiary/aromatic N) is 2. The van der Waals surface area contributed by atoms with E-state index in [2.05, 4.69) is 20.9 Å². The molecule has 0 aliphatic carbocycles. The predicted molar refractivity (Wildman–Crippen MR) is 84.5 cm³/mol. The van der Waals surface area contributed by atoms with Gasteiger partial charge in [-0.3, -0.25) is 0 Å². The zero-order valence-electron chi connectivity index (χ0n) is 10.9. The lowest BCUT2D eigenvalue weighted by atomic mass is 10.3. The minimum absolute atomic E-state index is 0.613. The number of aromatic nitrogens is 2. The largest absolute Gasteiger partial charge is 0.378 e. The number of fused-ring (bicyclic) bond motifs is 1. The highest BCUT2D eigenvalue weighted by Gasteiger charge is 2.07. The van der Waals surface area contributed by atoms with Gasteiger partial charge in [0, 0.05) is 22.8 Å². The van der Waals surface area contributed by atoms with Gasteiger partial charge in [-0.1, -0.05) is 35.3 Å². The second-order valence-corrected chi connectivity index (χ2v) is 5.46. The SMILES string of the molecule is Cn1c(CNc2cc(Cl)cc(Cl)c2)nc2ccccc21. The van der Waals surface area contributed by atoms with Crippen LogP contribution in [0.4, 0.5) is 5.69 Å². The van der Waals surface area contributed by atoms with Crippen molar-refractivity contribution in [2.45, 2.75) is 6.54 Å². The zero-order valence-corrected chi connectivity index (χ0v) is 12.4. The van der Waals surface area contributed by atoms with Crippen molar-refractivity contribution in [2.75, 3.05) is 5.32 Å². The number of anilines is 1. The van der Waals surface area contributed by atoms with Crippen LogP contribution < -0.4 is 5.32 Å². The molecule has 0 amide bonds. The summed E-state index contributed by atoms with van der Waals surface area (Å²) in [7, 11) is 2.01. The third-order valence-corrected chi connectivity index (χ3v) is 3.63. The van der Waals surface area contributed by atoms with Crippen LogP contribution in [-0.4, -0.2) is 9.55 Å². The Labute approximate surface area is 127 Å². The quantitative estimate of drug-likeness (QED) is 0.772. The molecule has 0 fully saturated rings. The van der Waals surface area contributed by atoms with Crippen molar-refractivity contribution in [3.05, 3.63) is 58.3 Å². The van der Waals surface area contributed by atoms with Crippen molar-refractivity contribution in [3.8, 4) is 0 Å². The molecule has 5 heteroatoms. The number of nitrogens with one attached hydrogen (secondary N) is 1. The molecule has 3 rings (SSSR count). The Morgan fingerprint density at radius 1 is 1.10 bits per heavy atom. The molecule has 0 saturated carbocycles. The second kappa shape index (κ2) is 5.35. The van der Waals surface area contributed by atoms with E-state index in [1.54, 1.807) is 6.07 Å². The van der Waals surface area contributed by atoms with Gasteiger partial charge in [0.1, 0.15) is 5.82 Å². The Morgan fingerprint density at radius 3 is 2.50 bits per heavy atom. The van der Waals surface area contributed by atoms with Crippen molar-refractivity contribution in [3.63, 3.8) is 0 Å². The molecule has 0 bridgehead atoms. The number of hydrogen-bond acceptors (Lipinski definition) is 2. The van der Waals surface area contributed by atoms with Gasteiger partial charge in [-0.25, -0.2) is 4.98 Å². The average molecular weight is 306 g/mol.